The number of methoxy groups -OCH3 is 1. The van der Waals surface area contributed by atoms with Gasteiger partial charge in [-0.2, -0.15) is 0 Å². The van der Waals surface area contributed by atoms with E-state index in [0.29, 0.717) is 22.8 Å². The molecule has 0 unspecified atom stereocenters. The Morgan fingerprint density at radius 2 is 1.82 bits per heavy atom. The molecule has 5 nitrogen and oxygen atoms in total. The van der Waals surface area contributed by atoms with E-state index in [1.54, 1.807) is 37.3 Å². The highest BCUT2D eigenvalue weighted by Gasteiger charge is 2.59. The lowest BCUT2D eigenvalue weighted by Crippen LogP contribution is -2.52. The largest absolute Gasteiger partial charge is 0.496 e. The molecule has 3 rings (SSSR count). The number of allylic oxidation sites excluding steroid dienone is 1. The summed E-state index contributed by atoms with van der Waals surface area (Å²) in [6.45, 7) is 11.4. The maximum absolute atomic E-state index is 15.5. The number of nitrogens with two attached hydrogens (primary N) is 1. The van der Waals surface area contributed by atoms with Crippen LogP contribution in [0.4, 0.5) is 4.39 Å². The third-order valence-electron chi connectivity index (χ3n) is 6.07. The molecule has 1 heterocycles. The summed E-state index contributed by atoms with van der Waals surface area (Å²) in [6, 6.07) is 8.06. The van der Waals surface area contributed by atoms with Gasteiger partial charge in [0, 0.05) is 33.1 Å². The molecule has 0 spiro atoms. The summed E-state index contributed by atoms with van der Waals surface area (Å²) in [5.74, 6) is -1.19. The van der Waals surface area contributed by atoms with Gasteiger partial charge in [-0.15, -0.1) is 0 Å². The molecular weight excluding hydrogens is 478 g/mol. The van der Waals surface area contributed by atoms with Gasteiger partial charge in [-0.05, 0) is 49.1 Å². The van der Waals surface area contributed by atoms with Crippen molar-refractivity contribution in [1.29, 1.82) is 0 Å². The molecule has 4 atom stereocenters. The summed E-state index contributed by atoms with van der Waals surface area (Å²) in [6.07, 6.45) is 0.543. The Labute approximate surface area is 210 Å². The Morgan fingerprint density at radius 3 is 2.38 bits per heavy atom. The number of ether oxygens (including phenoxy) is 2. The van der Waals surface area contributed by atoms with Gasteiger partial charge in [0.1, 0.15) is 17.6 Å². The molecule has 1 fully saturated rings. The van der Waals surface area contributed by atoms with Crippen LogP contribution < -0.4 is 15.8 Å². The molecule has 2 aromatic carbocycles. The van der Waals surface area contributed by atoms with E-state index in [4.69, 9.17) is 38.4 Å². The Bertz CT molecular complexity index is 1100. The molecule has 1 saturated heterocycles. The van der Waals surface area contributed by atoms with Crippen molar-refractivity contribution >= 4 is 29.2 Å². The lowest BCUT2D eigenvalue weighted by Gasteiger charge is -2.40. The number of hydrogen-bond donors (Lipinski definition) is 2. The Hall–Kier alpha value is -2.12. The maximum atomic E-state index is 15.5. The van der Waals surface area contributed by atoms with Crippen molar-refractivity contribution in [3.63, 3.8) is 0 Å². The minimum atomic E-state index is -1.38. The van der Waals surface area contributed by atoms with Crippen molar-refractivity contribution in [2.24, 2.45) is 11.1 Å². The second-order valence-electron chi connectivity index (χ2n) is 10.0. The van der Waals surface area contributed by atoms with Gasteiger partial charge in [0.2, 0.25) is 0 Å². The summed E-state index contributed by atoms with van der Waals surface area (Å²) >= 11 is 12.4. The van der Waals surface area contributed by atoms with Crippen molar-refractivity contribution in [1.82, 2.24) is 5.32 Å². The number of carbonyl (C=O) groups is 1. The van der Waals surface area contributed by atoms with Gasteiger partial charge in [-0.1, -0.05) is 56.6 Å². The quantitative estimate of drug-likeness (QED) is 0.373. The first-order valence-electron chi connectivity index (χ1n) is 11.0. The van der Waals surface area contributed by atoms with Crippen LogP contribution in [0.1, 0.15) is 51.2 Å². The minimum absolute atomic E-state index is 0.193. The van der Waals surface area contributed by atoms with Gasteiger partial charge in [0.25, 0.3) is 0 Å². The Kier molecular flexibility index (Phi) is 7.68. The van der Waals surface area contributed by atoms with Crippen molar-refractivity contribution in [2.75, 3.05) is 7.11 Å². The van der Waals surface area contributed by atoms with Crippen molar-refractivity contribution in [3.8, 4) is 5.75 Å². The smallest absolute Gasteiger partial charge is 0.328 e. The van der Waals surface area contributed by atoms with Crippen LogP contribution >= 0.6 is 23.2 Å². The molecule has 0 saturated carbocycles. The monoisotopic (exact) mass is 508 g/mol. The van der Waals surface area contributed by atoms with Crippen LogP contribution in [0.25, 0.3) is 0 Å². The zero-order chi connectivity index (χ0) is 25.4. The number of carbonyl (C=O) groups excluding carboxylic acids is 1. The number of rotatable bonds is 6. The minimum Gasteiger partial charge on any atom is -0.496 e. The predicted octanol–water partition coefficient (Wildman–Crippen LogP) is 5.93. The van der Waals surface area contributed by atoms with Crippen molar-refractivity contribution in [2.45, 2.75) is 57.7 Å². The molecule has 34 heavy (non-hydrogen) atoms. The van der Waals surface area contributed by atoms with E-state index in [0.717, 1.165) is 0 Å². The lowest BCUT2D eigenvalue weighted by molar-refractivity contribution is -0.142. The standard InChI is InChI=1S/C26H31Cl2FN2O3/c1-14(2)34-24(32)23-22(17-11-15(27)8-10-20(17)33-6)26(30,21(31-23)13-25(3,4)5)18-9-7-16(28)12-19(18)29/h7-12,21-23,31H,1,13,30H2,2-6H3/t21-,22-,23+,26+/m0/s1. The molecule has 0 amide bonds. The van der Waals surface area contributed by atoms with Crippen molar-refractivity contribution < 1.29 is 18.7 Å². The topological polar surface area (TPSA) is 73.6 Å². The fourth-order valence-electron chi connectivity index (χ4n) is 4.80. The first-order chi connectivity index (χ1) is 15.8. The molecule has 0 radical (unpaired) electrons. The summed E-state index contributed by atoms with van der Waals surface area (Å²) in [5, 5.41) is 4.04. The second kappa shape index (κ2) is 9.86. The number of hydrogen-bond acceptors (Lipinski definition) is 5. The molecule has 184 valence electrons. The first kappa shape index (κ1) is 26.5. The number of nitrogens with one attached hydrogen (secondary N) is 1. The zero-order valence-electron chi connectivity index (χ0n) is 20.0. The van der Waals surface area contributed by atoms with Gasteiger partial charge >= 0.3 is 5.97 Å². The average Bonchev–Trinajstić information content (AvgIpc) is 2.98. The third kappa shape index (κ3) is 5.25. The summed E-state index contributed by atoms with van der Waals surface area (Å²) in [5.41, 5.74) is 6.45. The third-order valence-corrected chi connectivity index (χ3v) is 6.55. The summed E-state index contributed by atoms with van der Waals surface area (Å²) < 4.78 is 26.5. The van der Waals surface area contributed by atoms with E-state index >= 15 is 4.39 Å². The Balaban J connectivity index is 2.33. The highest BCUT2D eigenvalue weighted by Crippen LogP contribution is 2.51. The SMILES string of the molecule is C=C(C)OC(=O)[C@@H]1N[C@@H](CC(C)(C)C)[C@](N)(c2ccc(Cl)cc2F)[C@H]1c1cc(Cl)ccc1OC. The fraction of sp³-hybridized carbons (Fsp3) is 0.423. The van der Waals surface area contributed by atoms with E-state index in [-0.39, 0.29) is 21.8 Å². The molecule has 3 N–H and O–H groups in total. The zero-order valence-corrected chi connectivity index (χ0v) is 21.6. The van der Waals surface area contributed by atoms with Crippen LogP contribution in [0.15, 0.2) is 48.7 Å². The molecule has 0 aliphatic carbocycles. The second-order valence-corrected chi connectivity index (χ2v) is 10.9. The van der Waals surface area contributed by atoms with E-state index in [1.807, 2.05) is 0 Å². The molecule has 0 bridgehead atoms. The molecule has 0 aromatic heterocycles. The highest BCUT2D eigenvalue weighted by molar-refractivity contribution is 6.31. The molecule has 1 aliphatic heterocycles. The van der Waals surface area contributed by atoms with Crippen LogP contribution in [-0.4, -0.2) is 25.2 Å². The van der Waals surface area contributed by atoms with E-state index in [9.17, 15) is 4.79 Å². The van der Waals surface area contributed by atoms with Gasteiger partial charge in [-0.25, -0.2) is 9.18 Å². The van der Waals surface area contributed by atoms with Crippen LogP contribution in [-0.2, 0) is 15.1 Å². The van der Waals surface area contributed by atoms with Crippen molar-refractivity contribution in [3.05, 3.63) is 75.7 Å². The Morgan fingerprint density at radius 1 is 1.21 bits per heavy atom. The number of halogens is 3. The lowest BCUT2D eigenvalue weighted by atomic mass is 9.68. The van der Waals surface area contributed by atoms with Crippen LogP contribution in [0.5, 0.6) is 5.75 Å². The van der Waals surface area contributed by atoms with Crippen LogP contribution in [0, 0.1) is 11.2 Å². The molecule has 8 heteroatoms. The molecule has 2 aromatic rings. The highest BCUT2D eigenvalue weighted by atomic mass is 35.5. The van der Waals surface area contributed by atoms with E-state index < -0.39 is 35.3 Å². The van der Waals surface area contributed by atoms with Gasteiger partial charge in [-0.3, -0.25) is 5.32 Å². The fourth-order valence-corrected chi connectivity index (χ4v) is 5.14. The normalized spacial score (nSPS) is 24.7. The summed E-state index contributed by atoms with van der Waals surface area (Å²) in [7, 11) is 1.52. The van der Waals surface area contributed by atoms with Crippen LogP contribution in [0.2, 0.25) is 10.0 Å². The summed E-state index contributed by atoms with van der Waals surface area (Å²) in [4.78, 5) is 13.3. The van der Waals surface area contributed by atoms with Gasteiger partial charge in [0.15, 0.2) is 0 Å². The van der Waals surface area contributed by atoms with Gasteiger partial charge in [0.05, 0.1) is 18.4 Å². The van der Waals surface area contributed by atoms with E-state index in [2.05, 4.69) is 32.7 Å². The molecule has 1 aliphatic rings. The molecular formula is C26H31Cl2FN2O3. The predicted molar refractivity (Wildman–Crippen MR) is 134 cm³/mol. The first-order valence-corrected chi connectivity index (χ1v) is 11.7. The average molecular weight is 509 g/mol. The van der Waals surface area contributed by atoms with Gasteiger partial charge < -0.3 is 15.2 Å². The maximum Gasteiger partial charge on any atom is 0.328 e. The van der Waals surface area contributed by atoms with E-state index in [1.165, 1.54) is 13.2 Å². The number of esters is 1. The van der Waals surface area contributed by atoms with Crippen LogP contribution in [0.3, 0.4) is 0 Å². The number of benzene rings is 2.